The highest BCUT2D eigenvalue weighted by Crippen LogP contribution is 2.40. The molecule has 4 rings (SSSR count). The number of hydrogen-bond acceptors (Lipinski definition) is 3. The van der Waals surface area contributed by atoms with Crippen molar-refractivity contribution in [3.63, 3.8) is 0 Å². The topological polar surface area (TPSA) is 32.8 Å². The zero-order valence-electron chi connectivity index (χ0n) is 16.1. The first-order valence-electron chi connectivity index (χ1n) is 10.1. The number of amides is 1. The van der Waals surface area contributed by atoms with Gasteiger partial charge >= 0.3 is 0 Å². The number of rotatable bonds is 7. The van der Waals surface area contributed by atoms with E-state index in [-0.39, 0.29) is 11.2 Å². The van der Waals surface area contributed by atoms with Crippen LogP contribution in [0.5, 0.6) is 5.75 Å². The van der Waals surface area contributed by atoms with E-state index < -0.39 is 0 Å². The van der Waals surface area contributed by atoms with Gasteiger partial charge in [0.15, 0.2) is 0 Å². The number of nitrogens with zero attached hydrogens (tertiary/aromatic N) is 2. The molecule has 1 spiro atoms. The monoisotopic (exact) mass is 382 g/mol. The second-order valence-corrected chi connectivity index (χ2v) is 7.89. The fourth-order valence-corrected chi connectivity index (χ4v) is 4.37. The van der Waals surface area contributed by atoms with E-state index in [0.29, 0.717) is 18.3 Å². The summed E-state index contributed by atoms with van der Waals surface area (Å²) in [4.78, 5) is 17.4. The minimum absolute atomic E-state index is 0.202. The molecule has 0 saturated carbocycles. The molecular weight excluding hydrogens is 355 g/mol. The first kappa shape index (κ1) is 18.9. The lowest BCUT2D eigenvalue weighted by Gasteiger charge is -2.24. The van der Waals surface area contributed by atoms with Gasteiger partial charge in [-0.15, -0.1) is 0 Å². The van der Waals surface area contributed by atoms with Gasteiger partial charge in [-0.1, -0.05) is 30.3 Å². The van der Waals surface area contributed by atoms with Gasteiger partial charge < -0.3 is 9.64 Å². The second-order valence-electron chi connectivity index (χ2n) is 7.89. The summed E-state index contributed by atoms with van der Waals surface area (Å²) in [6.45, 7) is 4.76. The molecule has 2 aromatic carbocycles. The van der Waals surface area contributed by atoms with Crippen LogP contribution in [0.15, 0.2) is 54.6 Å². The van der Waals surface area contributed by atoms with Crippen molar-refractivity contribution < 1.29 is 13.9 Å². The molecule has 1 unspecified atom stereocenters. The maximum atomic E-state index is 13.1. The van der Waals surface area contributed by atoms with Crippen molar-refractivity contribution in [3.05, 3.63) is 66.0 Å². The molecule has 5 heteroatoms. The average Bonchev–Trinajstić information content (AvgIpc) is 3.27. The van der Waals surface area contributed by atoms with Crippen molar-refractivity contribution in [2.24, 2.45) is 5.41 Å². The van der Waals surface area contributed by atoms with Crippen molar-refractivity contribution in [2.75, 3.05) is 39.3 Å². The van der Waals surface area contributed by atoms with Crippen LogP contribution in [-0.2, 0) is 11.2 Å². The van der Waals surface area contributed by atoms with Crippen LogP contribution in [0.1, 0.15) is 18.4 Å². The summed E-state index contributed by atoms with van der Waals surface area (Å²) in [6, 6.07) is 16.5. The minimum Gasteiger partial charge on any atom is -0.492 e. The molecule has 1 atom stereocenters. The highest BCUT2D eigenvalue weighted by atomic mass is 19.1. The van der Waals surface area contributed by atoms with Crippen LogP contribution in [0.4, 0.5) is 4.39 Å². The van der Waals surface area contributed by atoms with Crippen molar-refractivity contribution in [1.29, 1.82) is 0 Å². The predicted molar refractivity (Wildman–Crippen MR) is 107 cm³/mol. The Morgan fingerprint density at radius 3 is 2.50 bits per heavy atom. The van der Waals surface area contributed by atoms with Gasteiger partial charge in [-0.3, -0.25) is 9.69 Å². The molecule has 0 bridgehead atoms. The van der Waals surface area contributed by atoms with Crippen LogP contribution in [0.25, 0.3) is 0 Å². The van der Waals surface area contributed by atoms with Gasteiger partial charge in [-0.05, 0) is 55.6 Å². The zero-order valence-corrected chi connectivity index (χ0v) is 16.1. The number of ether oxygens (including phenoxy) is 1. The molecule has 1 amide bonds. The lowest BCUT2D eigenvalue weighted by Crippen LogP contribution is -2.38. The van der Waals surface area contributed by atoms with Gasteiger partial charge in [0.2, 0.25) is 5.91 Å². The average molecular weight is 382 g/mol. The summed E-state index contributed by atoms with van der Waals surface area (Å²) in [5, 5.41) is 0. The highest BCUT2D eigenvalue weighted by Gasteiger charge is 2.50. The number of likely N-dealkylation sites (tertiary alicyclic amines) is 2. The third-order valence-electron chi connectivity index (χ3n) is 6.04. The normalized spacial score (nSPS) is 22.3. The van der Waals surface area contributed by atoms with Crippen molar-refractivity contribution in [2.45, 2.75) is 19.3 Å². The van der Waals surface area contributed by atoms with E-state index in [1.807, 2.05) is 23.1 Å². The van der Waals surface area contributed by atoms with Crippen LogP contribution < -0.4 is 4.74 Å². The van der Waals surface area contributed by atoms with Gasteiger partial charge in [0.25, 0.3) is 0 Å². The van der Waals surface area contributed by atoms with Crippen LogP contribution in [0.3, 0.4) is 0 Å². The molecule has 28 heavy (non-hydrogen) atoms. The number of carbonyl (C=O) groups excluding carboxylic acids is 1. The lowest BCUT2D eigenvalue weighted by molar-refractivity contribution is -0.135. The quantitative estimate of drug-likeness (QED) is 0.736. The van der Waals surface area contributed by atoms with E-state index in [4.69, 9.17) is 4.74 Å². The molecule has 2 aromatic rings. The van der Waals surface area contributed by atoms with Gasteiger partial charge in [-0.25, -0.2) is 4.39 Å². The molecule has 148 valence electrons. The molecule has 4 nitrogen and oxygen atoms in total. The number of benzene rings is 2. The van der Waals surface area contributed by atoms with E-state index in [9.17, 15) is 9.18 Å². The van der Waals surface area contributed by atoms with E-state index in [1.54, 1.807) is 12.1 Å². The fourth-order valence-electron chi connectivity index (χ4n) is 4.37. The summed E-state index contributed by atoms with van der Waals surface area (Å²) >= 11 is 0. The smallest absolute Gasteiger partial charge is 0.230 e. The first-order valence-corrected chi connectivity index (χ1v) is 10.1. The fraction of sp³-hybridized carbons (Fsp3) is 0.435. The molecule has 0 aliphatic carbocycles. The summed E-state index contributed by atoms with van der Waals surface area (Å²) in [5.74, 6) is 0.745. The first-order chi connectivity index (χ1) is 13.6. The molecular formula is C23H27FN2O2. The number of halogens is 1. The summed E-state index contributed by atoms with van der Waals surface area (Å²) < 4.78 is 18.6. The van der Waals surface area contributed by atoms with Crippen molar-refractivity contribution in [1.82, 2.24) is 9.80 Å². The molecule has 2 aliphatic heterocycles. The Morgan fingerprint density at radius 2 is 1.71 bits per heavy atom. The van der Waals surface area contributed by atoms with Gasteiger partial charge in [0.1, 0.15) is 18.2 Å². The highest BCUT2D eigenvalue weighted by molar-refractivity contribution is 5.85. The standard InChI is InChI=1S/C23H27FN2O2/c24-20-6-8-21(9-7-20)28-17-16-25-14-11-23(18-25)12-15-26(22(23)27)13-10-19-4-2-1-3-5-19/h1-9H,10-18H2. The molecule has 2 aliphatic rings. The Kier molecular flexibility index (Phi) is 5.62. The SMILES string of the molecule is O=C1N(CCc2ccccc2)CCC12CCN(CCOc1ccc(F)cc1)C2. The summed E-state index contributed by atoms with van der Waals surface area (Å²) in [5.41, 5.74) is 1.08. The Bertz CT molecular complexity index is 796. The third-order valence-corrected chi connectivity index (χ3v) is 6.04. The summed E-state index contributed by atoms with van der Waals surface area (Å²) in [6.07, 6.45) is 2.80. The van der Waals surface area contributed by atoms with E-state index >= 15 is 0 Å². The Morgan fingerprint density at radius 1 is 0.964 bits per heavy atom. The van der Waals surface area contributed by atoms with E-state index in [0.717, 1.165) is 52.0 Å². The third kappa shape index (κ3) is 4.20. The maximum absolute atomic E-state index is 13.1. The minimum atomic E-state index is -0.259. The van der Waals surface area contributed by atoms with E-state index in [2.05, 4.69) is 17.0 Å². The van der Waals surface area contributed by atoms with Crippen LogP contribution in [0, 0.1) is 11.2 Å². The summed E-state index contributed by atoms with van der Waals surface area (Å²) in [7, 11) is 0. The molecule has 0 radical (unpaired) electrons. The Labute approximate surface area is 165 Å². The van der Waals surface area contributed by atoms with E-state index in [1.165, 1.54) is 17.7 Å². The second kappa shape index (κ2) is 8.31. The van der Waals surface area contributed by atoms with Gasteiger partial charge in [-0.2, -0.15) is 0 Å². The molecule has 0 aromatic heterocycles. The van der Waals surface area contributed by atoms with Crippen molar-refractivity contribution in [3.8, 4) is 5.75 Å². The lowest BCUT2D eigenvalue weighted by atomic mass is 9.85. The van der Waals surface area contributed by atoms with Crippen LogP contribution >= 0.6 is 0 Å². The van der Waals surface area contributed by atoms with Crippen LogP contribution in [0.2, 0.25) is 0 Å². The molecule has 2 heterocycles. The number of carbonyl (C=O) groups is 1. The molecule has 0 N–H and O–H groups in total. The Hall–Kier alpha value is -2.40. The number of hydrogen-bond donors (Lipinski definition) is 0. The zero-order chi connectivity index (χ0) is 19.4. The Balaban J connectivity index is 1.24. The van der Waals surface area contributed by atoms with Crippen LogP contribution in [-0.4, -0.2) is 55.0 Å². The predicted octanol–water partition coefficient (Wildman–Crippen LogP) is 3.37. The molecule has 2 fully saturated rings. The van der Waals surface area contributed by atoms with Crippen molar-refractivity contribution >= 4 is 5.91 Å². The van der Waals surface area contributed by atoms with Gasteiger partial charge in [0, 0.05) is 26.2 Å². The van der Waals surface area contributed by atoms with Gasteiger partial charge in [0.05, 0.1) is 5.41 Å². The molecule has 2 saturated heterocycles. The largest absolute Gasteiger partial charge is 0.492 e. The maximum Gasteiger partial charge on any atom is 0.230 e.